The fourth-order valence-corrected chi connectivity index (χ4v) is 4.00. The maximum absolute atomic E-state index is 12.4. The van der Waals surface area contributed by atoms with Gasteiger partial charge in [-0.15, -0.1) is 0 Å². The van der Waals surface area contributed by atoms with Crippen molar-refractivity contribution in [3.05, 3.63) is 33.4 Å². The van der Waals surface area contributed by atoms with E-state index in [0.29, 0.717) is 18.7 Å². The monoisotopic (exact) mass is 438 g/mol. The summed E-state index contributed by atoms with van der Waals surface area (Å²) in [6.07, 6.45) is 0.692. The smallest absolute Gasteiger partial charge is 0.355 e. The molecule has 0 bridgehead atoms. The number of halogens is 1. The van der Waals surface area contributed by atoms with Gasteiger partial charge in [-0.25, -0.2) is 9.59 Å². The second-order valence-corrected chi connectivity index (χ2v) is 6.93. The highest BCUT2D eigenvalue weighted by molar-refractivity contribution is 9.10. The number of carbonyl (C=O) groups excluding carboxylic acids is 3. The van der Waals surface area contributed by atoms with E-state index in [9.17, 15) is 14.4 Å². The maximum Gasteiger partial charge on any atom is 0.355 e. The van der Waals surface area contributed by atoms with E-state index in [1.54, 1.807) is 15.9 Å². The average Bonchev–Trinajstić information content (AvgIpc) is 3.11. The van der Waals surface area contributed by atoms with E-state index in [2.05, 4.69) is 15.9 Å². The lowest BCUT2D eigenvalue weighted by atomic mass is 10.1. The molecule has 0 saturated heterocycles. The molecule has 144 valence electrons. The van der Waals surface area contributed by atoms with Crippen LogP contribution in [0.3, 0.4) is 0 Å². The van der Waals surface area contributed by atoms with E-state index >= 15 is 0 Å². The van der Waals surface area contributed by atoms with Crippen LogP contribution in [0.5, 0.6) is 0 Å². The van der Waals surface area contributed by atoms with Gasteiger partial charge >= 0.3 is 11.9 Å². The highest BCUT2D eigenvalue weighted by atomic mass is 79.9. The molecule has 2 aliphatic rings. The number of nitrogens with zero attached hydrogens (tertiary/aromatic N) is 2. The van der Waals surface area contributed by atoms with Crippen molar-refractivity contribution >= 4 is 45.2 Å². The minimum absolute atomic E-state index is 0.0355. The van der Waals surface area contributed by atoms with Gasteiger partial charge in [0.05, 0.1) is 32.1 Å². The van der Waals surface area contributed by atoms with Crippen LogP contribution in [0.1, 0.15) is 12.5 Å². The Labute approximate surface area is 164 Å². The summed E-state index contributed by atoms with van der Waals surface area (Å²) in [7, 11) is 2.49. The molecule has 0 atom stereocenters. The fourth-order valence-electron chi connectivity index (χ4n) is 3.30. The lowest BCUT2D eigenvalue weighted by Crippen LogP contribution is -2.38. The van der Waals surface area contributed by atoms with Gasteiger partial charge in [0, 0.05) is 23.6 Å². The lowest BCUT2D eigenvalue weighted by molar-refractivity contribution is -0.140. The predicted molar refractivity (Wildman–Crippen MR) is 100 cm³/mol. The first-order valence-electron chi connectivity index (χ1n) is 8.24. The first kappa shape index (κ1) is 19.4. The van der Waals surface area contributed by atoms with Crippen molar-refractivity contribution in [3.63, 3.8) is 0 Å². The molecule has 0 radical (unpaired) electrons. The first-order chi connectivity index (χ1) is 12.9. The molecule has 3 rings (SSSR count). The Balaban J connectivity index is 2.10. The highest BCUT2D eigenvalue weighted by Gasteiger charge is 2.34. The van der Waals surface area contributed by atoms with E-state index in [1.807, 2.05) is 6.07 Å². The van der Waals surface area contributed by atoms with Crippen LogP contribution in [0.4, 0.5) is 11.4 Å². The summed E-state index contributed by atoms with van der Waals surface area (Å²) < 4.78 is 15.9. The zero-order valence-corrected chi connectivity index (χ0v) is 16.8. The molecule has 2 heterocycles. The molecule has 8 nitrogen and oxygen atoms in total. The summed E-state index contributed by atoms with van der Waals surface area (Å²) in [4.78, 5) is 39.6. The molecule has 1 aromatic carbocycles. The molecule has 0 aliphatic carbocycles. The molecule has 0 fully saturated rings. The van der Waals surface area contributed by atoms with Crippen LogP contribution in [-0.2, 0) is 35.0 Å². The van der Waals surface area contributed by atoms with E-state index in [1.165, 1.54) is 21.1 Å². The van der Waals surface area contributed by atoms with Crippen molar-refractivity contribution in [1.29, 1.82) is 0 Å². The molecule has 1 aromatic rings. The molecule has 0 unspecified atom stereocenters. The van der Waals surface area contributed by atoms with Crippen LogP contribution in [-0.4, -0.2) is 51.9 Å². The van der Waals surface area contributed by atoms with Crippen molar-refractivity contribution in [2.75, 3.05) is 43.9 Å². The van der Waals surface area contributed by atoms with Crippen LogP contribution in [0.25, 0.3) is 0 Å². The SMILES string of the molecule is COC(=O)C1=C(C(=O)OC)N(c2cc(Br)c3c(c2)CCN3C(C)=O)COC1. The van der Waals surface area contributed by atoms with Crippen LogP contribution in [0, 0.1) is 0 Å². The van der Waals surface area contributed by atoms with Gasteiger partial charge in [-0.2, -0.15) is 0 Å². The number of benzene rings is 1. The van der Waals surface area contributed by atoms with Gasteiger partial charge in [0.25, 0.3) is 0 Å². The lowest BCUT2D eigenvalue weighted by Gasteiger charge is -2.32. The third-order valence-corrected chi connectivity index (χ3v) is 5.13. The Bertz CT molecular complexity index is 850. The topological polar surface area (TPSA) is 85.4 Å². The Hall–Kier alpha value is -2.39. The number of methoxy groups -OCH3 is 2. The Morgan fingerprint density at radius 3 is 2.48 bits per heavy atom. The summed E-state index contributed by atoms with van der Waals surface area (Å²) in [5, 5.41) is 0. The number of hydrogen-bond donors (Lipinski definition) is 0. The molecule has 1 amide bonds. The largest absolute Gasteiger partial charge is 0.466 e. The summed E-state index contributed by atoms with van der Waals surface area (Å²) in [6, 6.07) is 3.67. The van der Waals surface area contributed by atoms with Gasteiger partial charge in [0.2, 0.25) is 5.91 Å². The molecule has 0 saturated carbocycles. The zero-order valence-electron chi connectivity index (χ0n) is 15.2. The van der Waals surface area contributed by atoms with Crippen molar-refractivity contribution in [2.24, 2.45) is 0 Å². The second-order valence-electron chi connectivity index (χ2n) is 6.07. The highest BCUT2D eigenvalue weighted by Crippen LogP contribution is 2.40. The number of hydrogen-bond acceptors (Lipinski definition) is 7. The number of ether oxygens (including phenoxy) is 3. The number of carbonyl (C=O) groups is 3. The Kier molecular flexibility index (Phi) is 5.52. The first-order valence-corrected chi connectivity index (χ1v) is 9.04. The minimum Gasteiger partial charge on any atom is -0.466 e. The van der Waals surface area contributed by atoms with Crippen molar-refractivity contribution < 1.29 is 28.6 Å². The molecule has 0 N–H and O–H groups in total. The number of amides is 1. The minimum atomic E-state index is -0.652. The van der Waals surface area contributed by atoms with Crippen molar-refractivity contribution in [3.8, 4) is 0 Å². The van der Waals surface area contributed by atoms with Crippen LogP contribution < -0.4 is 9.80 Å². The van der Waals surface area contributed by atoms with Gasteiger partial charge in [-0.1, -0.05) is 0 Å². The summed E-state index contributed by atoms with van der Waals surface area (Å²) in [5.41, 5.74) is 2.61. The average molecular weight is 439 g/mol. The quantitative estimate of drug-likeness (QED) is 0.664. The van der Waals surface area contributed by atoms with Gasteiger partial charge in [0.1, 0.15) is 12.4 Å². The zero-order chi connectivity index (χ0) is 19.7. The number of rotatable bonds is 3. The van der Waals surface area contributed by atoms with Crippen LogP contribution in [0.2, 0.25) is 0 Å². The van der Waals surface area contributed by atoms with Gasteiger partial charge in [0.15, 0.2) is 0 Å². The second kappa shape index (κ2) is 7.69. The van der Waals surface area contributed by atoms with Gasteiger partial charge < -0.3 is 24.0 Å². The van der Waals surface area contributed by atoms with E-state index in [4.69, 9.17) is 14.2 Å². The molecular weight excluding hydrogens is 420 g/mol. The number of anilines is 2. The van der Waals surface area contributed by atoms with E-state index < -0.39 is 11.9 Å². The van der Waals surface area contributed by atoms with Crippen LogP contribution >= 0.6 is 15.9 Å². The Morgan fingerprint density at radius 2 is 1.85 bits per heavy atom. The molecule has 0 aromatic heterocycles. The molecule has 27 heavy (non-hydrogen) atoms. The van der Waals surface area contributed by atoms with Gasteiger partial charge in [-0.3, -0.25) is 4.79 Å². The number of esters is 2. The summed E-state index contributed by atoms with van der Waals surface area (Å²) in [5.74, 6) is -1.34. The number of fused-ring (bicyclic) bond motifs is 1. The van der Waals surface area contributed by atoms with E-state index in [-0.39, 0.29) is 30.5 Å². The summed E-state index contributed by atoms with van der Waals surface area (Å²) in [6.45, 7) is 2.15. The maximum atomic E-state index is 12.4. The van der Waals surface area contributed by atoms with Crippen molar-refractivity contribution in [2.45, 2.75) is 13.3 Å². The fraction of sp³-hybridized carbons (Fsp3) is 0.389. The molecular formula is C18H19BrN2O6. The Morgan fingerprint density at radius 1 is 1.15 bits per heavy atom. The molecule has 2 aliphatic heterocycles. The molecule has 9 heteroatoms. The van der Waals surface area contributed by atoms with Crippen LogP contribution in [0.15, 0.2) is 27.9 Å². The predicted octanol–water partition coefficient (Wildman–Crippen LogP) is 1.75. The van der Waals surface area contributed by atoms with E-state index in [0.717, 1.165) is 15.7 Å². The normalized spacial score (nSPS) is 16.3. The third kappa shape index (κ3) is 3.44. The van der Waals surface area contributed by atoms with Gasteiger partial charge in [-0.05, 0) is 40.0 Å². The van der Waals surface area contributed by atoms with Crippen molar-refractivity contribution in [1.82, 2.24) is 0 Å². The summed E-state index contributed by atoms with van der Waals surface area (Å²) >= 11 is 3.52. The standard InChI is InChI=1S/C18H19BrN2O6/c1-10(22)20-5-4-11-6-12(7-14(19)15(11)20)21-9-27-8-13(17(23)25-2)16(21)18(24)26-3/h6-7H,4-5,8-9H2,1-3H3. The third-order valence-electron chi connectivity index (χ3n) is 4.53. The molecule has 0 spiro atoms.